The van der Waals surface area contributed by atoms with Crippen molar-refractivity contribution in [3.8, 4) is 0 Å². The summed E-state index contributed by atoms with van der Waals surface area (Å²) in [6.45, 7) is 6.25. The topological polar surface area (TPSA) is 65.1 Å². The molecule has 0 heterocycles. The molecule has 0 fully saturated rings. The van der Waals surface area contributed by atoms with Gasteiger partial charge in [0.1, 0.15) is 6.54 Å². The fraction of sp³-hybridized carbons (Fsp3) is 0.846. The number of nitrogens with zero attached hydrogens (tertiary/aromatic N) is 1. The second-order valence-electron chi connectivity index (χ2n) is 4.93. The normalized spacial score (nSPS) is 11.2. The van der Waals surface area contributed by atoms with Crippen LogP contribution in [0.1, 0.15) is 27.2 Å². The van der Waals surface area contributed by atoms with E-state index in [9.17, 15) is 9.59 Å². The third kappa shape index (κ3) is 7.12. The van der Waals surface area contributed by atoms with E-state index in [-0.39, 0.29) is 19.2 Å². The molecule has 0 saturated heterocycles. The number of likely N-dealkylation sites (N-methyl/N-ethyl adjacent to an activating group) is 1. The average molecular weight is 275 g/mol. The van der Waals surface area contributed by atoms with Gasteiger partial charge in [-0.25, -0.2) is 0 Å². The summed E-state index contributed by atoms with van der Waals surface area (Å²) in [6.07, 6.45) is 0.714. The van der Waals surface area contributed by atoms with Crippen LogP contribution in [0.2, 0.25) is 0 Å². The van der Waals surface area contributed by atoms with Gasteiger partial charge in [-0.2, -0.15) is 0 Å². The van der Waals surface area contributed by atoms with Gasteiger partial charge in [0.25, 0.3) is 0 Å². The molecular formula is C13H25NO5. The molecule has 0 aromatic carbocycles. The number of carbonyl (C=O) groups excluding carboxylic acids is 2. The maximum absolute atomic E-state index is 12.0. The number of ether oxygens (including phenoxy) is 3. The molecule has 1 amide bonds. The molecule has 112 valence electrons. The van der Waals surface area contributed by atoms with Crippen molar-refractivity contribution in [3.63, 3.8) is 0 Å². The molecule has 0 aliphatic carbocycles. The summed E-state index contributed by atoms with van der Waals surface area (Å²) in [5.41, 5.74) is -0.468. The summed E-state index contributed by atoms with van der Waals surface area (Å²) >= 11 is 0. The Bertz CT molecular complexity index is 291. The van der Waals surface area contributed by atoms with E-state index in [0.29, 0.717) is 19.6 Å². The Balaban J connectivity index is 3.96. The van der Waals surface area contributed by atoms with Gasteiger partial charge in [0.05, 0.1) is 13.2 Å². The van der Waals surface area contributed by atoms with Crippen LogP contribution >= 0.6 is 0 Å². The second-order valence-corrected chi connectivity index (χ2v) is 4.93. The Hall–Kier alpha value is -1.14. The lowest BCUT2D eigenvalue weighted by Crippen LogP contribution is -2.41. The van der Waals surface area contributed by atoms with E-state index in [1.807, 2.05) is 20.8 Å². The maximum atomic E-state index is 12.0. The van der Waals surface area contributed by atoms with Gasteiger partial charge in [0.2, 0.25) is 5.91 Å². The number of carbonyl (C=O) groups is 2. The third-order valence-electron chi connectivity index (χ3n) is 2.91. The maximum Gasteiger partial charge on any atom is 0.327 e. The van der Waals surface area contributed by atoms with Crippen molar-refractivity contribution in [2.24, 2.45) is 5.41 Å². The highest BCUT2D eigenvalue weighted by Crippen LogP contribution is 2.22. The number of hydrogen-bond acceptors (Lipinski definition) is 5. The molecule has 6 nitrogen and oxygen atoms in total. The molecule has 19 heavy (non-hydrogen) atoms. The molecule has 0 aliphatic heterocycles. The standard InChI is InChI=1S/C13H25NO5/c1-6-13(2,3)12(16)14(4)9-11(15)19-10-18-8-7-17-5/h6-10H2,1-5H3. The van der Waals surface area contributed by atoms with Crippen LogP contribution < -0.4 is 0 Å². The highest BCUT2D eigenvalue weighted by atomic mass is 16.7. The van der Waals surface area contributed by atoms with Crippen LogP contribution in [0, 0.1) is 5.41 Å². The minimum Gasteiger partial charge on any atom is -0.437 e. The van der Waals surface area contributed by atoms with Crippen LogP contribution in [0.5, 0.6) is 0 Å². The summed E-state index contributed by atoms with van der Waals surface area (Å²) in [6, 6.07) is 0. The first-order valence-electron chi connectivity index (χ1n) is 6.33. The number of hydrogen-bond donors (Lipinski definition) is 0. The fourth-order valence-electron chi connectivity index (χ4n) is 1.29. The van der Waals surface area contributed by atoms with Gasteiger partial charge in [-0.05, 0) is 6.42 Å². The molecule has 0 aromatic heterocycles. The van der Waals surface area contributed by atoms with Crippen molar-refractivity contribution >= 4 is 11.9 Å². The Morgan fingerprint density at radius 3 is 2.37 bits per heavy atom. The van der Waals surface area contributed by atoms with Crippen LogP contribution in [0.3, 0.4) is 0 Å². The summed E-state index contributed by atoms with van der Waals surface area (Å²) in [5.74, 6) is -0.563. The minimum atomic E-state index is -0.486. The van der Waals surface area contributed by atoms with Gasteiger partial charge >= 0.3 is 5.97 Å². The van der Waals surface area contributed by atoms with Gasteiger partial charge in [0, 0.05) is 19.6 Å². The molecule has 0 rings (SSSR count). The zero-order valence-corrected chi connectivity index (χ0v) is 12.5. The first kappa shape index (κ1) is 17.9. The van der Waals surface area contributed by atoms with E-state index < -0.39 is 11.4 Å². The van der Waals surface area contributed by atoms with Crippen LogP contribution in [0.15, 0.2) is 0 Å². The van der Waals surface area contributed by atoms with Crippen molar-refractivity contribution in [1.82, 2.24) is 4.90 Å². The van der Waals surface area contributed by atoms with E-state index in [4.69, 9.17) is 14.2 Å². The van der Waals surface area contributed by atoms with E-state index in [2.05, 4.69) is 0 Å². The molecular weight excluding hydrogens is 250 g/mol. The Kier molecular flexibility index (Phi) is 8.34. The molecule has 6 heteroatoms. The number of methoxy groups -OCH3 is 1. The second kappa shape index (κ2) is 8.87. The molecule has 0 radical (unpaired) electrons. The van der Waals surface area contributed by atoms with Crippen LogP contribution in [0.25, 0.3) is 0 Å². The lowest BCUT2D eigenvalue weighted by atomic mass is 9.89. The molecule has 0 atom stereocenters. The minimum absolute atomic E-state index is 0.0735. The molecule has 0 spiro atoms. The quantitative estimate of drug-likeness (QED) is 0.357. The molecule has 0 aromatic rings. The Morgan fingerprint density at radius 2 is 1.84 bits per heavy atom. The number of rotatable bonds is 9. The predicted octanol–water partition coefficient (Wildman–Crippen LogP) is 1.04. The average Bonchev–Trinajstić information content (AvgIpc) is 2.37. The zero-order valence-electron chi connectivity index (χ0n) is 12.5. The van der Waals surface area contributed by atoms with Crippen LogP contribution in [-0.2, 0) is 23.8 Å². The first-order chi connectivity index (χ1) is 8.85. The van der Waals surface area contributed by atoms with Crippen molar-refractivity contribution in [3.05, 3.63) is 0 Å². The van der Waals surface area contributed by atoms with Crippen molar-refractivity contribution in [2.45, 2.75) is 27.2 Å². The van der Waals surface area contributed by atoms with Gasteiger partial charge in [-0.15, -0.1) is 0 Å². The SMILES string of the molecule is CCC(C)(C)C(=O)N(C)CC(=O)OCOCCOC. The smallest absolute Gasteiger partial charge is 0.327 e. The Morgan fingerprint density at radius 1 is 1.21 bits per heavy atom. The fourth-order valence-corrected chi connectivity index (χ4v) is 1.29. The first-order valence-corrected chi connectivity index (χ1v) is 6.33. The van der Waals surface area contributed by atoms with Crippen LogP contribution in [-0.4, -0.2) is 57.5 Å². The highest BCUT2D eigenvalue weighted by molar-refractivity contribution is 5.85. The zero-order chi connectivity index (χ0) is 14.9. The van der Waals surface area contributed by atoms with Gasteiger partial charge in [0.15, 0.2) is 6.79 Å². The summed E-state index contributed by atoms with van der Waals surface area (Å²) in [5, 5.41) is 0. The molecule has 0 aliphatic rings. The van der Waals surface area contributed by atoms with Crippen molar-refractivity contribution in [1.29, 1.82) is 0 Å². The predicted molar refractivity (Wildman–Crippen MR) is 70.5 cm³/mol. The molecule has 0 N–H and O–H groups in total. The summed E-state index contributed by atoms with van der Waals surface area (Å²) in [7, 11) is 3.15. The summed E-state index contributed by atoms with van der Waals surface area (Å²) in [4.78, 5) is 24.9. The molecule has 0 saturated carbocycles. The Labute approximate surface area is 115 Å². The number of esters is 1. The van der Waals surface area contributed by atoms with Crippen LogP contribution in [0.4, 0.5) is 0 Å². The highest BCUT2D eigenvalue weighted by Gasteiger charge is 2.29. The van der Waals surface area contributed by atoms with E-state index in [1.54, 1.807) is 14.2 Å². The lowest BCUT2D eigenvalue weighted by molar-refractivity contribution is -0.161. The lowest BCUT2D eigenvalue weighted by Gasteiger charge is -2.27. The molecule has 0 unspecified atom stereocenters. The summed E-state index contributed by atoms with van der Waals surface area (Å²) < 4.78 is 14.6. The monoisotopic (exact) mass is 275 g/mol. The molecule has 0 bridgehead atoms. The van der Waals surface area contributed by atoms with Crippen molar-refractivity contribution < 1.29 is 23.8 Å². The largest absolute Gasteiger partial charge is 0.437 e. The van der Waals surface area contributed by atoms with E-state index >= 15 is 0 Å². The van der Waals surface area contributed by atoms with Gasteiger partial charge in [-0.3, -0.25) is 9.59 Å². The van der Waals surface area contributed by atoms with Gasteiger partial charge in [-0.1, -0.05) is 20.8 Å². The van der Waals surface area contributed by atoms with E-state index in [0.717, 1.165) is 0 Å². The van der Waals surface area contributed by atoms with E-state index in [1.165, 1.54) is 4.90 Å². The van der Waals surface area contributed by atoms with Gasteiger partial charge < -0.3 is 19.1 Å². The van der Waals surface area contributed by atoms with Crippen molar-refractivity contribution in [2.75, 3.05) is 40.7 Å². The number of amides is 1. The third-order valence-corrected chi connectivity index (χ3v) is 2.91.